The summed E-state index contributed by atoms with van der Waals surface area (Å²) in [7, 11) is -1.77. The van der Waals surface area contributed by atoms with Gasteiger partial charge in [0.2, 0.25) is 10.0 Å². The first-order valence-corrected chi connectivity index (χ1v) is 13.8. The van der Waals surface area contributed by atoms with Crippen LogP contribution in [0.1, 0.15) is 79.5 Å². The number of carbonyl (C=O) groups is 1. The highest BCUT2D eigenvalue weighted by atomic mass is 32.2. The van der Waals surface area contributed by atoms with Crippen LogP contribution < -0.4 is 5.69 Å². The van der Waals surface area contributed by atoms with Gasteiger partial charge in [0.05, 0.1) is 4.90 Å². The molecule has 9 nitrogen and oxygen atoms in total. The van der Waals surface area contributed by atoms with E-state index in [9.17, 15) is 18.0 Å². The summed E-state index contributed by atoms with van der Waals surface area (Å²) < 4.78 is 30.3. The highest BCUT2D eigenvalue weighted by Crippen LogP contribution is 2.34. The van der Waals surface area contributed by atoms with E-state index in [1.165, 1.54) is 8.99 Å². The molecular weight excluding hydrogens is 454 g/mol. The number of carbonyl (C=O) groups excluding carboxylic acids is 1. The molecule has 0 N–H and O–H groups in total. The maximum Gasteiger partial charge on any atom is 0.345 e. The van der Waals surface area contributed by atoms with Gasteiger partial charge in [-0.15, -0.1) is 0 Å². The molecule has 34 heavy (non-hydrogen) atoms. The first-order chi connectivity index (χ1) is 16.4. The van der Waals surface area contributed by atoms with Gasteiger partial charge < -0.3 is 4.90 Å². The van der Waals surface area contributed by atoms with Gasteiger partial charge in [-0.25, -0.2) is 17.9 Å². The summed E-state index contributed by atoms with van der Waals surface area (Å²) in [6, 6.07) is 6.57. The van der Waals surface area contributed by atoms with Gasteiger partial charge in [0.15, 0.2) is 0 Å². The molecule has 5 rings (SSSR count). The van der Waals surface area contributed by atoms with Crippen LogP contribution in [0, 0.1) is 0 Å². The quantitative estimate of drug-likeness (QED) is 0.646. The lowest BCUT2D eigenvalue weighted by atomic mass is 9.95. The summed E-state index contributed by atoms with van der Waals surface area (Å²) in [5.41, 5.74) is 0.462. The lowest BCUT2D eigenvalue weighted by molar-refractivity contribution is 0.0709. The minimum absolute atomic E-state index is 0.0376. The zero-order chi connectivity index (χ0) is 23.9. The third-order valence-corrected chi connectivity index (χ3v) is 9.54. The average Bonchev–Trinajstić information content (AvgIpc) is 3.62. The van der Waals surface area contributed by atoms with Crippen molar-refractivity contribution in [3.05, 3.63) is 46.1 Å². The van der Waals surface area contributed by atoms with Gasteiger partial charge in [0, 0.05) is 50.7 Å². The molecule has 0 bridgehead atoms. The standard InChI is InChI=1S/C24H33N5O4S/c1-26-24(31)29(20-6-2-3-7-20)22(25-26)18-12-16-27(17-13-18)23(30)19-8-10-21(11-9-19)34(32,33)28-14-4-5-15-28/h8-11,18,20H,2-7,12-17H2,1H3. The number of aromatic nitrogens is 3. The molecule has 1 amide bonds. The van der Waals surface area contributed by atoms with Crippen molar-refractivity contribution in [2.24, 2.45) is 7.05 Å². The second kappa shape index (κ2) is 9.30. The Bertz CT molecular complexity index is 1200. The predicted octanol–water partition coefficient (Wildman–Crippen LogP) is 2.50. The van der Waals surface area contributed by atoms with Crippen molar-refractivity contribution in [3.63, 3.8) is 0 Å². The van der Waals surface area contributed by atoms with Crippen molar-refractivity contribution >= 4 is 15.9 Å². The molecule has 3 heterocycles. The second-order valence-corrected chi connectivity index (χ2v) is 11.7. The van der Waals surface area contributed by atoms with Crippen LogP contribution in [0.5, 0.6) is 0 Å². The van der Waals surface area contributed by atoms with Gasteiger partial charge in [0.1, 0.15) is 5.82 Å². The van der Waals surface area contributed by atoms with Crippen molar-refractivity contribution in [2.75, 3.05) is 26.2 Å². The number of hydrogen-bond acceptors (Lipinski definition) is 5. The van der Waals surface area contributed by atoms with Crippen molar-refractivity contribution < 1.29 is 13.2 Å². The number of rotatable bonds is 5. The van der Waals surface area contributed by atoms with E-state index in [1.807, 2.05) is 9.47 Å². The highest BCUT2D eigenvalue weighted by molar-refractivity contribution is 7.89. The Morgan fingerprint density at radius 2 is 1.53 bits per heavy atom. The molecule has 1 saturated carbocycles. The number of nitrogens with zero attached hydrogens (tertiary/aromatic N) is 5. The van der Waals surface area contributed by atoms with Gasteiger partial charge in [-0.3, -0.25) is 9.36 Å². The summed E-state index contributed by atoms with van der Waals surface area (Å²) in [6.45, 7) is 2.30. The molecule has 184 valence electrons. The molecule has 1 aliphatic carbocycles. The molecule has 2 aromatic rings. The van der Waals surface area contributed by atoms with Crippen LogP contribution in [-0.2, 0) is 17.1 Å². The van der Waals surface area contributed by atoms with Crippen molar-refractivity contribution in [1.29, 1.82) is 0 Å². The molecule has 3 fully saturated rings. The van der Waals surface area contributed by atoms with E-state index in [2.05, 4.69) is 5.10 Å². The molecule has 10 heteroatoms. The number of piperidine rings is 1. The van der Waals surface area contributed by atoms with E-state index >= 15 is 0 Å². The van der Waals surface area contributed by atoms with E-state index in [1.54, 1.807) is 31.3 Å². The number of aryl methyl sites for hydroxylation is 1. The average molecular weight is 488 g/mol. The first kappa shape index (κ1) is 23.3. The monoisotopic (exact) mass is 487 g/mol. The summed E-state index contributed by atoms with van der Waals surface area (Å²) in [6.07, 6.45) is 7.65. The van der Waals surface area contributed by atoms with Crippen LogP contribution in [-0.4, -0.2) is 64.1 Å². The summed E-state index contributed by atoms with van der Waals surface area (Å²) in [5.74, 6) is 0.937. The smallest absolute Gasteiger partial charge is 0.339 e. The van der Waals surface area contributed by atoms with Crippen LogP contribution in [0.15, 0.2) is 34.0 Å². The Balaban J connectivity index is 1.25. The molecule has 2 aliphatic heterocycles. The third kappa shape index (κ3) is 4.22. The molecule has 1 aromatic carbocycles. The van der Waals surface area contributed by atoms with Gasteiger partial charge >= 0.3 is 5.69 Å². The number of sulfonamides is 1. The van der Waals surface area contributed by atoms with Crippen molar-refractivity contribution in [2.45, 2.75) is 68.2 Å². The summed E-state index contributed by atoms with van der Waals surface area (Å²) >= 11 is 0. The largest absolute Gasteiger partial charge is 0.345 e. The summed E-state index contributed by atoms with van der Waals surface area (Å²) in [4.78, 5) is 27.9. The maximum absolute atomic E-state index is 13.1. The summed E-state index contributed by atoms with van der Waals surface area (Å²) in [5, 5.41) is 4.57. The zero-order valence-corrected chi connectivity index (χ0v) is 20.5. The number of benzene rings is 1. The van der Waals surface area contributed by atoms with Crippen molar-refractivity contribution in [3.8, 4) is 0 Å². The van der Waals surface area contributed by atoms with Crippen LogP contribution in [0.4, 0.5) is 0 Å². The number of amides is 1. The number of likely N-dealkylation sites (tertiary alicyclic amines) is 1. The Morgan fingerprint density at radius 1 is 0.912 bits per heavy atom. The van der Waals surface area contributed by atoms with Crippen LogP contribution in [0.2, 0.25) is 0 Å². The van der Waals surface area contributed by atoms with Gasteiger partial charge in [-0.1, -0.05) is 12.8 Å². The fourth-order valence-corrected chi connectivity index (χ4v) is 7.17. The highest BCUT2D eigenvalue weighted by Gasteiger charge is 2.32. The second-order valence-electron chi connectivity index (χ2n) is 9.77. The Hall–Kier alpha value is -2.46. The number of hydrogen-bond donors (Lipinski definition) is 0. The lowest BCUT2D eigenvalue weighted by Crippen LogP contribution is -2.39. The topological polar surface area (TPSA) is 97.5 Å². The lowest BCUT2D eigenvalue weighted by Gasteiger charge is -2.32. The Morgan fingerprint density at radius 3 is 2.15 bits per heavy atom. The Kier molecular flexibility index (Phi) is 6.37. The zero-order valence-electron chi connectivity index (χ0n) is 19.7. The molecule has 3 aliphatic rings. The third-order valence-electron chi connectivity index (χ3n) is 7.62. The molecule has 1 aromatic heterocycles. The minimum Gasteiger partial charge on any atom is -0.339 e. The molecule has 0 spiro atoms. The van der Waals surface area contributed by atoms with E-state index in [-0.39, 0.29) is 28.5 Å². The minimum atomic E-state index is -3.49. The van der Waals surface area contributed by atoms with Crippen molar-refractivity contribution in [1.82, 2.24) is 23.6 Å². The van der Waals surface area contributed by atoms with E-state index in [0.29, 0.717) is 31.7 Å². The predicted molar refractivity (Wildman–Crippen MR) is 127 cm³/mol. The molecule has 0 atom stereocenters. The first-order valence-electron chi connectivity index (χ1n) is 12.4. The van der Waals surface area contributed by atoms with E-state index in [4.69, 9.17) is 0 Å². The van der Waals surface area contributed by atoms with Crippen LogP contribution in [0.3, 0.4) is 0 Å². The van der Waals surface area contributed by atoms with Crippen LogP contribution in [0.25, 0.3) is 0 Å². The molecular formula is C24H33N5O4S. The Labute approximate surface area is 200 Å². The fourth-order valence-electron chi connectivity index (χ4n) is 5.65. The molecule has 2 saturated heterocycles. The van der Waals surface area contributed by atoms with Gasteiger partial charge in [-0.05, 0) is 62.8 Å². The fraction of sp³-hybridized carbons (Fsp3) is 0.625. The van der Waals surface area contributed by atoms with E-state index in [0.717, 1.165) is 57.2 Å². The maximum atomic E-state index is 13.1. The van der Waals surface area contributed by atoms with Gasteiger partial charge in [0.25, 0.3) is 5.91 Å². The molecule has 0 radical (unpaired) electrons. The molecule has 0 unspecified atom stereocenters. The van der Waals surface area contributed by atoms with Crippen LogP contribution >= 0.6 is 0 Å². The normalized spacial score (nSPS) is 20.9. The van der Waals surface area contributed by atoms with Gasteiger partial charge in [-0.2, -0.15) is 9.40 Å². The van der Waals surface area contributed by atoms with E-state index < -0.39 is 10.0 Å². The SMILES string of the molecule is Cn1nc(C2CCN(C(=O)c3ccc(S(=O)(=O)N4CCCC4)cc3)CC2)n(C2CCCC2)c1=O.